The highest BCUT2D eigenvalue weighted by Crippen LogP contribution is 2.37. The van der Waals surface area contributed by atoms with Crippen molar-refractivity contribution >= 4 is 39.2 Å². The van der Waals surface area contributed by atoms with Crippen LogP contribution in [0.5, 0.6) is 17.2 Å². The van der Waals surface area contributed by atoms with Crippen LogP contribution in [0, 0.1) is 6.92 Å². The molecule has 162 valence electrons. The van der Waals surface area contributed by atoms with Crippen molar-refractivity contribution in [3.63, 3.8) is 0 Å². The first-order valence-electron chi connectivity index (χ1n) is 8.69. The smallest absolute Gasteiger partial charge is 0.397 e. The van der Waals surface area contributed by atoms with Crippen LogP contribution in [0.25, 0.3) is 0 Å². The minimum Gasteiger partial charge on any atom is -0.507 e. The molecule has 0 aliphatic heterocycles. The molecular formula is C19H21ClN2O7S. The number of aryl methyl sites for hydroxylation is 1. The number of ether oxygens (including phenoxy) is 2. The zero-order chi connectivity index (χ0) is 22.6. The Morgan fingerprint density at radius 3 is 2.43 bits per heavy atom. The van der Waals surface area contributed by atoms with Crippen LogP contribution in [0.1, 0.15) is 12.5 Å². The molecule has 1 amide bonds. The summed E-state index contributed by atoms with van der Waals surface area (Å²) in [7, 11) is -1.22. The maximum absolute atomic E-state index is 12.3. The minimum absolute atomic E-state index is 0.0664. The summed E-state index contributed by atoms with van der Waals surface area (Å²) in [5.41, 5.74) is 0.760. The van der Waals surface area contributed by atoms with Crippen LogP contribution in [0.3, 0.4) is 0 Å². The van der Waals surface area contributed by atoms with E-state index in [0.29, 0.717) is 5.56 Å². The van der Waals surface area contributed by atoms with E-state index >= 15 is 0 Å². The van der Waals surface area contributed by atoms with E-state index in [-0.39, 0.29) is 33.7 Å². The summed E-state index contributed by atoms with van der Waals surface area (Å²) in [6.45, 7) is 3.30. The predicted molar refractivity (Wildman–Crippen MR) is 111 cm³/mol. The van der Waals surface area contributed by atoms with Crippen LogP contribution in [0.15, 0.2) is 35.2 Å². The fourth-order valence-electron chi connectivity index (χ4n) is 2.39. The van der Waals surface area contributed by atoms with Crippen LogP contribution in [-0.4, -0.2) is 50.4 Å². The number of aromatic hydroxyl groups is 1. The number of rotatable bonds is 6. The zero-order valence-electron chi connectivity index (χ0n) is 16.7. The molecule has 0 saturated heterocycles. The summed E-state index contributed by atoms with van der Waals surface area (Å²) in [6.07, 6.45) is 0. The Balaban J connectivity index is 2.32. The molecule has 2 N–H and O–H groups in total. The van der Waals surface area contributed by atoms with Gasteiger partial charge in [0.05, 0.1) is 11.6 Å². The molecule has 0 aromatic heterocycles. The Labute approximate surface area is 179 Å². The van der Waals surface area contributed by atoms with Gasteiger partial charge in [0.2, 0.25) is 10.0 Å². The lowest BCUT2D eigenvalue weighted by Gasteiger charge is -2.16. The normalized spacial score (nSPS) is 11.3. The molecule has 0 aliphatic carbocycles. The van der Waals surface area contributed by atoms with Crippen LogP contribution in [0.2, 0.25) is 5.02 Å². The Morgan fingerprint density at radius 1 is 1.20 bits per heavy atom. The van der Waals surface area contributed by atoms with Crippen LogP contribution in [-0.2, 0) is 24.3 Å². The number of hydrogen-bond acceptors (Lipinski definition) is 7. The molecule has 2 rings (SSSR count). The van der Waals surface area contributed by atoms with E-state index < -0.39 is 27.6 Å². The van der Waals surface area contributed by atoms with Gasteiger partial charge in [-0.1, -0.05) is 11.6 Å². The molecule has 0 atom stereocenters. The van der Waals surface area contributed by atoms with Gasteiger partial charge in [-0.05, 0) is 43.7 Å². The van der Waals surface area contributed by atoms with Gasteiger partial charge in [-0.15, -0.1) is 0 Å². The number of esters is 1. The third kappa shape index (κ3) is 5.21. The third-order valence-electron chi connectivity index (χ3n) is 3.86. The second-order valence-corrected chi connectivity index (χ2v) is 8.83. The number of phenolic OH excluding ortho intramolecular Hbond substituents is 1. The predicted octanol–water partition coefficient (Wildman–Crippen LogP) is 2.90. The molecule has 0 saturated carbocycles. The Hall–Kier alpha value is -2.82. The van der Waals surface area contributed by atoms with Crippen molar-refractivity contribution < 1.29 is 32.6 Å². The maximum atomic E-state index is 12.3. The highest BCUT2D eigenvalue weighted by Gasteiger charge is 2.23. The Morgan fingerprint density at radius 2 is 1.87 bits per heavy atom. The summed E-state index contributed by atoms with van der Waals surface area (Å²) in [6, 6.07) is 6.66. The number of hydrogen-bond donors (Lipinski definition) is 2. The lowest BCUT2D eigenvalue weighted by molar-refractivity contribution is -0.152. The third-order valence-corrected chi connectivity index (χ3v) is 5.98. The first kappa shape index (κ1) is 23.5. The van der Waals surface area contributed by atoms with Crippen LogP contribution >= 0.6 is 11.6 Å². The summed E-state index contributed by atoms with van der Waals surface area (Å²) in [5.74, 6) is -2.05. The minimum atomic E-state index is -3.90. The van der Waals surface area contributed by atoms with Crippen LogP contribution in [0.4, 0.5) is 5.69 Å². The number of benzene rings is 2. The molecule has 0 aliphatic rings. The van der Waals surface area contributed by atoms with Gasteiger partial charge in [-0.25, -0.2) is 17.5 Å². The number of amides is 1. The van der Waals surface area contributed by atoms with E-state index in [9.17, 15) is 23.1 Å². The highest BCUT2D eigenvalue weighted by atomic mass is 35.5. The van der Waals surface area contributed by atoms with Crippen LogP contribution < -0.4 is 10.1 Å². The fourth-order valence-corrected chi connectivity index (χ4v) is 3.69. The van der Waals surface area contributed by atoms with Gasteiger partial charge in [0.1, 0.15) is 22.1 Å². The number of sulfonamides is 1. The second kappa shape index (κ2) is 9.33. The van der Waals surface area contributed by atoms with E-state index in [4.69, 9.17) is 16.3 Å². The van der Waals surface area contributed by atoms with Crippen molar-refractivity contribution in [2.24, 2.45) is 0 Å². The Bertz CT molecular complexity index is 1060. The van der Waals surface area contributed by atoms with Crippen molar-refractivity contribution in [1.29, 1.82) is 0 Å². The molecule has 0 fully saturated rings. The first-order valence-corrected chi connectivity index (χ1v) is 10.5. The summed E-state index contributed by atoms with van der Waals surface area (Å²) < 4.78 is 36.0. The number of nitrogens with one attached hydrogen (secondary N) is 1. The maximum Gasteiger partial charge on any atom is 0.397 e. The lowest BCUT2D eigenvalue weighted by atomic mass is 10.2. The van der Waals surface area contributed by atoms with Gasteiger partial charge in [0, 0.05) is 25.8 Å². The quantitative estimate of drug-likeness (QED) is 0.506. The monoisotopic (exact) mass is 456 g/mol. The Kier molecular flexibility index (Phi) is 7.30. The van der Waals surface area contributed by atoms with Crippen molar-refractivity contribution in [3.05, 3.63) is 40.9 Å². The summed E-state index contributed by atoms with van der Waals surface area (Å²) in [5, 5.41) is 12.4. The molecule has 2 aromatic carbocycles. The number of halogens is 1. The molecule has 0 spiro atoms. The van der Waals surface area contributed by atoms with E-state index in [2.05, 4.69) is 10.1 Å². The van der Waals surface area contributed by atoms with Gasteiger partial charge in [0.15, 0.2) is 0 Å². The van der Waals surface area contributed by atoms with Crippen molar-refractivity contribution in [2.45, 2.75) is 18.7 Å². The highest BCUT2D eigenvalue weighted by molar-refractivity contribution is 7.89. The standard InChI is InChI=1S/C19H21ClN2O7S/c1-5-28-19(25)18(24)21-12-8-11(2)17(14(20)9-12)29-13-6-7-15(23)16(10-13)30(26,27)22(3)4/h6-10,23H,5H2,1-4H3,(H,21,24). The number of phenols is 1. The fraction of sp³-hybridized carbons (Fsp3) is 0.263. The van der Waals surface area contributed by atoms with E-state index in [0.717, 1.165) is 4.31 Å². The average molecular weight is 457 g/mol. The largest absolute Gasteiger partial charge is 0.507 e. The van der Waals surface area contributed by atoms with Gasteiger partial charge < -0.3 is 19.9 Å². The molecule has 0 heterocycles. The SMILES string of the molecule is CCOC(=O)C(=O)Nc1cc(C)c(Oc2ccc(O)c(S(=O)(=O)N(C)C)c2)c(Cl)c1. The second-order valence-electron chi connectivity index (χ2n) is 6.30. The first-order chi connectivity index (χ1) is 14.0. The van der Waals surface area contributed by atoms with E-state index in [1.165, 1.54) is 44.4 Å². The van der Waals surface area contributed by atoms with Crippen molar-refractivity contribution in [3.8, 4) is 17.2 Å². The topological polar surface area (TPSA) is 122 Å². The van der Waals surface area contributed by atoms with E-state index in [1.807, 2.05) is 0 Å². The summed E-state index contributed by atoms with van der Waals surface area (Å²) in [4.78, 5) is 22.9. The van der Waals surface area contributed by atoms with Gasteiger partial charge in [-0.3, -0.25) is 4.79 Å². The van der Waals surface area contributed by atoms with Crippen molar-refractivity contribution in [1.82, 2.24) is 4.31 Å². The molecule has 9 nitrogen and oxygen atoms in total. The molecular weight excluding hydrogens is 436 g/mol. The summed E-state index contributed by atoms with van der Waals surface area (Å²) >= 11 is 6.25. The molecule has 11 heteroatoms. The zero-order valence-corrected chi connectivity index (χ0v) is 18.3. The number of anilines is 1. The van der Waals surface area contributed by atoms with E-state index in [1.54, 1.807) is 13.8 Å². The molecule has 30 heavy (non-hydrogen) atoms. The lowest BCUT2D eigenvalue weighted by Crippen LogP contribution is -2.25. The molecule has 0 radical (unpaired) electrons. The van der Waals surface area contributed by atoms with Gasteiger partial charge in [0.25, 0.3) is 0 Å². The number of carbonyl (C=O) groups excluding carboxylic acids is 2. The number of nitrogens with zero attached hydrogens (tertiary/aromatic N) is 1. The average Bonchev–Trinajstić information content (AvgIpc) is 2.65. The number of carbonyl (C=O) groups is 2. The molecule has 2 aromatic rings. The van der Waals surface area contributed by atoms with Gasteiger partial charge >= 0.3 is 11.9 Å². The van der Waals surface area contributed by atoms with Crippen molar-refractivity contribution in [2.75, 3.05) is 26.0 Å². The van der Waals surface area contributed by atoms with Gasteiger partial charge in [-0.2, -0.15) is 0 Å². The molecule has 0 bridgehead atoms. The molecule has 0 unspecified atom stereocenters.